The molecule has 11 heteroatoms. The van der Waals surface area contributed by atoms with E-state index in [9.17, 15) is 16.8 Å². The van der Waals surface area contributed by atoms with Crippen LogP contribution in [-0.4, -0.2) is 26.6 Å². The maximum atomic E-state index is 12.2. The molecular formula is C10H9Cl2N3O4S2. The van der Waals surface area contributed by atoms with E-state index in [-0.39, 0.29) is 20.6 Å². The number of aryl methyl sites for hydroxylation is 1. The number of nitrogens with one attached hydrogen (secondary N) is 1. The number of aromatic nitrogens is 2. The van der Waals surface area contributed by atoms with E-state index in [2.05, 4.69) is 9.82 Å². The molecule has 1 aromatic heterocycles. The summed E-state index contributed by atoms with van der Waals surface area (Å²) < 4.78 is 50.0. The molecule has 0 aliphatic rings. The molecule has 21 heavy (non-hydrogen) atoms. The van der Waals surface area contributed by atoms with Gasteiger partial charge < -0.3 is 0 Å². The van der Waals surface area contributed by atoms with Crippen LogP contribution in [0.1, 0.15) is 0 Å². The smallest absolute Gasteiger partial charge is 0.278 e. The van der Waals surface area contributed by atoms with Crippen molar-refractivity contribution in [2.45, 2.75) is 9.92 Å². The number of anilines is 1. The first-order valence-electron chi connectivity index (χ1n) is 5.36. The summed E-state index contributed by atoms with van der Waals surface area (Å²) in [4.78, 5) is -0.134. The van der Waals surface area contributed by atoms with Crippen molar-refractivity contribution in [3.05, 3.63) is 35.5 Å². The molecule has 0 aliphatic carbocycles. The monoisotopic (exact) mass is 369 g/mol. The molecule has 1 aromatic carbocycles. The molecule has 7 nitrogen and oxygen atoms in total. The molecule has 0 amide bonds. The van der Waals surface area contributed by atoms with E-state index in [1.165, 1.54) is 37.5 Å². The highest BCUT2D eigenvalue weighted by atomic mass is 35.7. The normalized spacial score (nSPS) is 12.3. The summed E-state index contributed by atoms with van der Waals surface area (Å²) >= 11 is 5.78. The predicted molar refractivity (Wildman–Crippen MR) is 78.5 cm³/mol. The summed E-state index contributed by atoms with van der Waals surface area (Å²) in [7, 11) is -1.20. The van der Waals surface area contributed by atoms with Crippen molar-refractivity contribution in [3.8, 4) is 0 Å². The third-order valence-electron chi connectivity index (χ3n) is 2.49. The van der Waals surface area contributed by atoms with Crippen LogP contribution in [0.25, 0.3) is 0 Å². The van der Waals surface area contributed by atoms with Crippen LogP contribution in [0.3, 0.4) is 0 Å². The average Bonchev–Trinajstić information content (AvgIpc) is 2.68. The molecule has 0 aliphatic heterocycles. The molecule has 0 saturated carbocycles. The van der Waals surface area contributed by atoms with Gasteiger partial charge in [-0.3, -0.25) is 9.40 Å². The van der Waals surface area contributed by atoms with Gasteiger partial charge in [0.1, 0.15) is 0 Å². The Morgan fingerprint density at radius 3 is 2.14 bits per heavy atom. The number of rotatable bonds is 4. The Labute approximate surface area is 131 Å². The highest BCUT2D eigenvalue weighted by Crippen LogP contribution is 2.24. The van der Waals surface area contributed by atoms with Crippen molar-refractivity contribution in [2.75, 3.05) is 4.72 Å². The van der Waals surface area contributed by atoms with Crippen LogP contribution in [-0.2, 0) is 26.1 Å². The van der Waals surface area contributed by atoms with E-state index in [1.54, 1.807) is 0 Å². The van der Waals surface area contributed by atoms with Gasteiger partial charge in [0.25, 0.3) is 19.1 Å². The highest BCUT2D eigenvalue weighted by molar-refractivity contribution is 8.13. The summed E-state index contributed by atoms with van der Waals surface area (Å²) in [6.45, 7) is 0. The van der Waals surface area contributed by atoms with Crippen molar-refractivity contribution in [3.63, 3.8) is 0 Å². The molecule has 0 radical (unpaired) electrons. The Balaban J connectivity index is 2.34. The van der Waals surface area contributed by atoms with Gasteiger partial charge in [-0.15, -0.1) is 0 Å². The summed E-state index contributed by atoms with van der Waals surface area (Å²) in [6.07, 6.45) is 1.21. The van der Waals surface area contributed by atoms with E-state index in [0.717, 1.165) is 4.68 Å². The van der Waals surface area contributed by atoms with Crippen molar-refractivity contribution in [2.24, 2.45) is 7.05 Å². The third kappa shape index (κ3) is 3.49. The largest absolute Gasteiger partial charge is 0.280 e. The fourth-order valence-electron chi connectivity index (χ4n) is 1.59. The lowest BCUT2D eigenvalue weighted by atomic mass is 10.3. The molecule has 0 atom stereocenters. The Morgan fingerprint density at radius 1 is 1.14 bits per heavy atom. The standard InChI is InChI=1S/C10H9Cl2N3O4S2/c1-15-10(9(11)6-13-15)21(18,19)14-7-2-4-8(5-3-7)20(12,16)17/h2-6,14H,1H3. The van der Waals surface area contributed by atoms with Crippen LogP contribution < -0.4 is 4.72 Å². The zero-order valence-corrected chi connectivity index (χ0v) is 13.6. The van der Waals surface area contributed by atoms with Gasteiger partial charge in [0.15, 0.2) is 5.03 Å². The minimum absolute atomic E-state index is 0.0232. The molecule has 0 fully saturated rings. The fraction of sp³-hybridized carbons (Fsp3) is 0.100. The van der Waals surface area contributed by atoms with Gasteiger partial charge in [-0.1, -0.05) is 11.6 Å². The second-order valence-electron chi connectivity index (χ2n) is 3.99. The summed E-state index contributed by atoms with van der Waals surface area (Å²) in [5, 5.41) is 3.52. The molecule has 0 bridgehead atoms. The van der Waals surface area contributed by atoms with Crippen molar-refractivity contribution < 1.29 is 16.8 Å². The Bertz CT molecular complexity index is 854. The quantitative estimate of drug-likeness (QED) is 0.828. The van der Waals surface area contributed by atoms with Crippen molar-refractivity contribution in [1.29, 1.82) is 0 Å². The van der Waals surface area contributed by atoms with E-state index < -0.39 is 19.1 Å². The topological polar surface area (TPSA) is 98.1 Å². The molecule has 0 unspecified atom stereocenters. The molecular weight excluding hydrogens is 361 g/mol. The average molecular weight is 370 g/mol. The molecule has 0 spiro atoms. The predicted octanol–water partition coefficient (Wildman–Crippen LogP) is 1.80. The van der Waals surface area contributed by atoms with Crippen LogP contribution in [0.5, 0.6) is 0 Å². The first-order valence-corrected chi connectivity index (χ1v) is 9.53. The molecule has 1 N–H and O–H groups in total. The Hall–Kier alpha value is -1.29. The summed E-state index contributed by atoms with van der Waals surface area (Å²) in [5.41, 5.74) is 0.163. The van der Waals surface area contributed by atoms with E-state index in [1.807, 2.05) is 0 Å². The second-order valence-corrected chi connectivity index (χ2v) is 8.56. The van der Waals surface area contributed by atoms with E-state index >= 15 is 0 Å². The lowest BCUT2D eigenvalue weighted by Crippen LogP contribution is -2.17. The van der Waals surface area contributed by atoms with E-state index in [4.69, 9.17) is 22.3 Å². The van der Waals surface area contributed by atoms with Gasteiger partial charge in [-0.25, -0.2) is 8.42 Å². The number of nitrogens with zero attached hydrogens (tertiary/aromatic N) is 2. The first kappa shape index (κ1) is 16.1. The number of hydrogen-bond acceptors (Lipinski definition) is 5. The van der Waals surface area contributed by atoms with E-state index in [0.29, 0.717) is 0 Å². The number of sulfonamides is 1. The van der Waals surface area contributed by atoms with Gasteiger partial charge in [-0.05, 0) is 24.3 Å². The lowest BCUT2D eigenvalue weighted by molar-refractivity contribution is 0.582. The molecule has 0 saturated heterocycles. The second kappa shape index (κ2) is 5.48. The Morgan fingerprint density at radius 2 is 1.71 bits per heavy atom. The Kier molecular flexibility index (Phi) is 4.20. The van der Waals surface area contributed by atoms with Gasteiger partial charge in [0.05, 0.1) is 16.1 Å². The maximum absolute atomic E-state index is 12.2. The van der Waals surface area contributed by atoms with Crippen LogP contribution in [0.2, 0.25) is 5.02 Å². The number of benzene rings is 1. The van der Waals surface area contributed by atoms with Crippen molar-refractivity contribution >= 4 is 47.0 Å². The highest BCUT2D eigenvalue weighted by Gasteiger charge is 2.23. The third-order valence-corrected chi connectivity index (χ3v) is 5.74. The zero-order chi connectivity index (χ0) is 15.8. The number of halogens is 2. The van der Waals surface area contributed by atoms with Gasteiger partial charge in [-0.2, -0.15) is 13.5 Å². The maximum Gasteiger partial charge on any atom is 0.280 e. The fourth-order valence-corrected chi connectivity index (χ4v) is 4.08. The molecule has 2 rings (SSSR count). The summed E-state index contributed by atoms with van der Waals surface area (Å²) in [6, 6.07) is 4.92. The van der Waals surface area contributed by atoms with Crippen LogP contribution in [0, 0.1) is 0 Å². The molecule has 114 valence electrons. The lowest BCUT2D eigenvalue weighted by Gasteiger charge is -2.09. The SMILES string of the molecule is Cn1ncc(Cl)c1S(=O)(=O)Nc1ccc(S(=O)(=O)Cl)cc1. The van der Waals surface area contributed by atoms with Crippen molar-refractivity contribution in [1.82, 2.24) is 9.78 Å². The minimum Gasteiger partial charge on any atom is -0.278 e. The minimum atomic E-state index is -3.94. The molecule has 2 aromatic rings. The van der Waals surface area contributed by atoms with Crippen LogP contribution >= 0.6 is 22.3 Å². The summed E-state index contributed by atoms with van der Waals surface area (Å²) in [5.74, 6) is 0. The van der Waals surface area contributed by atoms with Gasteiger partial charge in [0.2, 0.25) is 0 Å². The van der Waals surface area contributed by atoms with Crippen LogP contribution in [0.4, 0.5) is 5.69 Å². The van der Waals surface area contributed by atoms with Gasteiger partial charge in [0, 0.05) is 23.4 Å². The zero-order valence-electron chi connectivity index (χ0n) is 10.5. The first-order chi connectivity index (χ1) is 9.61. The van der Waals surface area contributed by atoms with Crippen LogP contribution in [0.15, 0.2) is 40.4 Å². The molecule has 1 heterocycles. The van der Waals surface area contributed by atoms with Gasteiger partial charge >= 0.3 is 0 Å². The number of hydrogen-bond donors (Lipinski definition) is 1.